The number of carboxylic acids is 1. The Morgan fingerprint density at radius 2 is 2.28 bits per heavy atom. The zero-order valence-electron chi connectivity index (χ0n) is 10.00. The molecule has 0 radical (unpaired) electrons. The number of thioether (sulfide) groups is 1. The fourth-order valence-corrected chi connectivity index (χ4v) is 2.86. The van der Waals surface area contributed by atoms with Crippen molar-refractivity contribution in [3.63, 3.8) is 0 Å². The number of rotatable bonds is 2. The van der Waals surface area contributed by atoms with Gasteiger partial charge in [0.2, 0.25) is 0 Å². The van der Waals surface area contributed by atoms with Crippen molar-refractivity contribution in [2.45, 2.75) is 13.0 Å². The van der Waals surface area contributed by atoms with Crippen LogP contribution in [0.2, 0.25) is 0 Å². The van der Waals surface area contributed by atoms with Crippen molar-refractivity contribution in [3.8, 4) is 0 Å². The summed E-state index contributed by atoms with van der Waals surface area (Å²) >= 11 is 1.84. The van der Waals surface area contributed by atoms with Crippen LogP contribution in [-0.4, -0.2) is 51.0 Å². The molecule has 96 valence electrons. The number of aromatic nitrogens is 1. The topological polar surface area (TPSA) is 70.5 Å². The molecule has 0 aromatic carbocycles. The number of nitrogens with zero attached hydrogens (tertiary/aromatic N) is 2. The molecule has 1 amide bonds. The van der Waals surface area contributed by atoms with E-state index in [1.165, 1.54) is 18.3 Å². The molecule has 1 N–H and O–H groups in total. The zero-order chi connectivity index (χ0) is 13.1. The smallest absolute Gasteiger partial charge is 0.354 e. The largest absolute Gasteiger partial charge is 0.477 e. The minimum atomic E-state index is -1.09. The summed E-state index contributed by atoms with van der Waals surface area (Å²) in [7, 11) is 0. The number of carbonyl (C=O) groups is 2. The van der Waals surface area contributed by atoms with Crippen LogP contribution in [0, 0.1) is 0 Å². The summed E-state index contributed by atoms with van der Waals surface area (Å²) in [5.41, 5.74) is 0.396. The molecule has 5 nitrogen and oxygen atoms in total. The fraction of sp³-hybridized carbons (Fsp3) is 0.417. The highest BCUT2D eigenvalue weighted by Gasteiger charge is 2.24. The molecule has 1 saturated heterocycles. The maximum Gasteiger partial charge on any atom is 0.354 e. The van der Waals surface area contributed by atoms with E-state index in [0.717, 1.165) is 18.1 Å². The summed E-state index contributed by atoms with van der Waals surface area (Å²) in [5, 5.41) is 8.74. The van der Waals surface area contributed by atoms with E-state index in [-0.39, 0.29) is 17.6 Å². The fourth-order valence-electron chi connectivity index (χ4n) is 1.84. The van der Waals surface area contributed by atoms with Crippen molar-refractivity contribution in [2.24, 2.45) is 0 Å². The molecule has 1 aliphatic heterocycles. The second-order valence-corrected chi connectivity index (χ2v) is 5.31. The van der Waals surface area contributed by atoms with Gasteiger partial charge in [-0.05, 0) is 19.1 Å². The Morgan fingerprint density at radius 3 is 2.83 bits per heavy atom. The summed E-state index contributed by atoms with van der Waals surface area (Å²) in [5.74, 6) is 0.715. The Hall–Kier alpha value is -1.56. The SMILES string of the molecule is CC1CSCCN1C(=O)c1ccc(C(=O)O)nc1. The van der Waals surface area contributed by atoms with Crippen LogP contribution >= 0.6 is 11.8 Å². The first-order chi connectivity index (χ1) is 8.59. The molecule has 0 bridgehead atoms. The molecule has 1 unspecified atom stereocenters. The van der Waals surface area contributed by atoms with Crippen LogP contribution in [-0.2, 0) is 0 Å². The molecule has 1 fully saturated rings. The summed E-state index contributed by atoms with van der Waals surface area (Å²) in [6.07, 6.45) is 1.33. The van der Waals surface area contributed by atoms with E-state index in [1.54, 1.807) is 0 Å². The lowest BCUT2D eigenvalue weighted by atomic mass is 10.2. The first kappa shape index (κ1) is 12.9. The van der Waals surface area contributed by atoms with Crippen molar-refractivity contribution >= 4 is 23.6 Å². The molecule has 18 heavy (non-hydrogen) atoms. The number of carbonyl (C=O) groups excluding carboxylic acids is 1. The second kappa shape index (κ2) is 5.39. The van der Waals surface area contributed by atoms with Gasteiger partial charge in [-0.3, -0.25) is 4.79 Å². The van der Waals surface area contributed by atoms with Crippen LogP contribution in [0.4, 0.5) is 0 Å². The zero-order valence-corrected chi connectivity index (χ0v) is 10.8. The van der Waals surface area contributed by atoms with E-state index < -0.39 is 5.97 Å². The van der Waals surface area contributed by atoms with Crippen LogP contribution in [0.3, 0.4) is 0 Å². The third-order valence-corrected chi connectivity index (χ3v) is 4.05. The maximum absolute atomic E-state index is 12.2. The lowest BCUT2D eigenvalue weighted by Crippen LogP contribution is -2.44. The van der Waals surface area contributed by atoms with Crippen LogP contribution < -0.4 is 0 Å². The Balaban J connectivity index is 2.15. The van der Waals surface area contributed by atoms with Crippen molar-refractivity contribution in [1.29, 1.82) is 0 Å². The molecular formula is C12H14N2O3S. The third-order valence-electron chi connectivity index (χ3n) is 2.86. The molecule has 2 rings (SSSR count). The van der Waals surface area contributed by atoms with Crippen molar-refractivity contribution in [1.82, 2.24) is 9.88 Å². The lowest BCUT2D eigenvalue weighted by molar-refractivity contribution is 0.0683. The van der Waals surface area contributed by atoms with Crippen LogP contribution in [0.25, 0.3) is 0 Å². The van der Waals surface area contributed by atoms with Crippen molar-refractivity contribution in [3.05, 3.63) is 29.6 Å². The predicted molar refractivity (Wildman–Crippen MR) is 69.0 cm³/mol. The second-order valence-electron chi connectivity index (χ2n) is 4.16. The number of pyridine rings is 1. The summed E-state index contributed by atoms with van der Waals surface area (Å²) in [6.45, 7) is 2.74. The van der Waals surface area contributed by atoms with Crippen LogP contribution in [0.1, 0.15) is 27.8 Å². The molecule has 1 atom stereocenters. The third kappa shape index (κ3) is 2.64. The summed E-state index contributed by atoms with van der Waals surface area (Å²) in [6, 6.07) is 3.09. The molecular weight excluding hydrogens is 252 g/mol. The van der Waals surface area contributed by atoms with E-state index in [1.807, 2.05) is 23.6 Å². The highest BCUT2D eigenvalue weighted by Crippen LogP contribution is 2.18. The molecule has 2 heterocycles. The lowest BCUT2D eigenvalue weighted by Gasteiger charge is -2.33. The Morgan fingerprint density at radius 1 is 1.50 bits per heavy atom. The number of carboxylic acid groups (broad SMARTS) is 1. The Kier molecular flexibility index (Phi) is 3.86. The number of amides is 1. The summed E-state index contributed by atoms with van der Waals surface area (Å²) in [4.78, 5) is 28.5. The number of hydrogen-bond acceptors (Lipinski definition) is 4. The molecule has 6 heteroatoms. The van der Waals surface area contributed by atoms with E-state index in [4.69, 9.17) is 5.11 Å². The monoisotopic (exact) mass is 266 g/mol. The van der Waals surface area contributed by atoms with Gasteiger partial charge in [0.05, 0.1) is 5.56 Å². The van der Waals surface area contributed by atoms with Gasteiger partial charge in [-0.2, -0.15) is 11.8 Å². The van der Waals surface area contributed by atoms with Crippen molar-refractivity contribution < 1.29 is 14.7 Å². The van der Waals surface area contributed by atoms with Gasteiger partial charge in [-0.15, -0.1) is 0 Å². The van der Waals surface area contributed by atoms with Gasteiger partial charge < -0.3 is 10.0 Å². The minimum Gasteiger partial charge on any atom is -0.477 e. The molecule has 0 spiro atoms. The first-order valence-corrected chi connectivity index (χ1v) is 6.83. The Bertz CT molecular complexity index is 461. The molecule has 1 aliphatic rings. The quantitative estimate of drug-likeness (QED) is 0.875. The number of aromatic carboxylic acids is 1. The first-order valence-electron chi connectivity index (χ1n) is 5.67. The highest BCUT2D eigenvalue weighted by atomic mass is 32.2. The average molecular weight is 266 g/mol. The van der Waals surface area contributed by atoms with E-state index in [0.29, 0.717) is 5.56 Å². The normalized spacial score (nSPS) is 19.6. The average Bonchev–Trinajstić information content (AvgIpc) is 2.38. The highest BCUT2D eigenvalue weighted by molar-refractivity contribution is 7.99. The van der Waals surface area contributed by atoms with Gasteiger partial charge in [0.25, 0.3) is 5.91 Å². The van der Waals surface area contributed by atoms with Crippen LogP contribution in [0.5, 0.6) is 0 Å². The molecule has 1 aromatic rings. The standard InChI is InChI=1S/C12H14N2O3S/c1-8-7-18-5-4-14(8)11(15)9-2-3-10(12(16)17)13-6-9/h2-3,6,8H,4-5,7H2,1H3,(H,16,17). The van der Waals surface area contributed by atoms with E-state index >= 15 is 0 Å². The van der Waals surface area contributed by atoms with Gasteiger partial charge in [0.1, 0.15) is 5.69 Å². The van der Waals surface area contributed by atoms with Gasteiger partial charge >= 0.3 is 5.97 Å². The van der Waals surface area contributed by atoms with E-state index in [9.17, 15) is 9.59 Å². The van der Waals surface area contributed by atoms with Crippen molar-refractivity contribution in [2.75, 3.05) is 18.1 Å². The summed E-state index contributed by atoms with van der Waals surface area (Å²) < 4.78 is 0. The molecule has 0 saturated carbocycles. The van der Waals surface area contributed by atoms with Crippen LogP contribution in [0.15, 0.2) is 18.3 Å². The molecule has 0 aliphatic carbocycles. The Labute approximate surface area is 109 Å². The molecule has 1 aromatic heterocycles. The van der Waals surface area contributed by atoms with Gasteiger partial charge in [0, 0.05) is 30.3 Å². The predicted octanol–water partition coefficient (Wildman–Crippen LogP) is 1.36. The number of hydrogen-bond donors (Lipinski definition) is 1. The van der Waals surface area contributed by atoms with E-state index in [2.05, 4.69) is 4.98 Å². The maximum atomic E-state index is 12.2. The van der Waals surface area contributed by atoms with Gasteiger partial charge in [0.15, 0.2) is 0 Å². The van der Waals surface area contributed by atoms with Gasteiger partial charge in [-0.25, -0.2) is 9.78 Å². The van der Waals surface area contributed by atoms with Gasteiger partial charge in [-0.1, -0.05) is 0 Å². The minimum absolute atomic E-state index is 0.0474.